The number of carbonyl (C=O) groups excluding carboxylic acids is 4. The van der Waals surface area contributed by atoms with Gasteiger partial charge in [-0.1, -0.05) is 60.5 Å². The molecule has 3 N–H and O–H groups in total. The quantitative estimate of drug-likeness (QED) is 0.0523. The standard InChI is InChI=1S/C42H47NO8S3/c1-26(2)13-20-36(31-23-35(46)38-33(44)18-19-34(45)39(38)40(31)48)53-25-32(41(49)50-3)43-37(47)12-8-7-11-30-21-22-52-42(54-30)28-14-16-29(17-15-28)51-24-27-9-5-4-6-10-27/h4-6,9-10,13-19,23,30,32,36,42,46,48H,7-8,11-12,20-22,24-25H2,1-3H3,(H,43,47)/t30-,32+,36-,42?/m1/s1. The average Bonchev–Trinajstić information content (AvgIpc) is 3.18. The molecule has 1 unspecified atom stereocenters. The molecule has 0 aromatic heterocycles. The third-order valence-corrected chi connectivity index (χ3v) is 13.7. The summed E-state index contributed by atoms with van der Waals surface area (Å²) in [5.41, 5.74) is 3.20. The third kappa shape index (κ3) is 11.2. The summed E-state index contributed by atoms with van der Waals surface area (Å²) < 4.78 is 11.3. The van der Waals surface area contributed by atoms with Gasteiger partial charge in [-0.3, -0.25) is 14.4 Å². The number of carbonyl (C=O) groups is 4. The molecule has 9 nitrogen and oxygen atoms in total. The first-order chi connectivity index (χ1) is 26.0. The van der Waals surface area contributed by atoms with Crippen molar-refractivity contribution >= 4 is 58.7 Å². The number of hydrogen-bond acceptors (Lipinski definition) is 11. The Bertz CT molecular complexity index is 1860. The number of benzene rings is 3. The largest absolute Gasteiger partial charge is 0.507 e. The summed E-state index contributed by atoms with van der Waals surface area (Å²) in [6.07, 6.45) is 8.42. The van der Waals surface area contributed by atoms with E-state index in [1.807, 2.05) is 85.9 Å². The van der Waals surface area contributed by atoms with Crippen molar-refractivity contribution in [1.82, 2.24) is 5.32 Å². The van der Waals surface area contributed by atoms with Gasteiger partial charge in [-0.05, 0) is 86.8 Å². The van der Waals surface area contributed by atoms with E-state index in [2.05, 4.69) is 17.4 Å². The first kappa shape index (κ1) is 41.0. The van der Waals surface area contributed by atoms with Crippen molar-refractivity contribution in [3.63, 3.8) is 0 Å². The highest BCUT2D eigenvalue weighted by Crippen LogP contribution is 2.49. The molecule has 12 heteroatoms. The van der Waals surface area contributed by atoms with Crippen LogP contribution in [0.2, 0.25) is 0 Å². The summed E-state index contributed by atoms with van der Waals surface area (Å²) in [7, 11) is 1.26. The molecule has 0 spiro atoms. The molecule has 1 heterocycles. The molecule has 1 aliphatic carbocycles. The van der Waals surface area contributed by atoms with Gasteiger partial charge in [0.1, 0.15) is 29.9 Å². The number of methoxy groups -OCH3 is 1. The van der Waals surface area contributed by atoms with Gasteiger partial charge in [-0.2, -0.15) is 11.8 Å². The number of fused-ring (bicyclic) bond motifs is 1. The van der Waals surface area contributed by atoms with Crippen LogP contribution in [0, 0.1) is 0 Å². The minimum Gasteiger partial charge on any atom is -0.507 e. The van der Waals surface area contributed by atoms with E-state index in [1.165, 1.54) is 30.5 Å². The Morgan fingerprint density at radius 3 is 2.43 bits per heavy atom. The molecule has 3 aromatic rings. The second kappa shape index (κ2) is 20.0. The van der Waals surface area contributed by atoms with E-state index in [0.29, 0.717) is 29.3 Å². The highest BCUT2D eigenvalue weighted by Gasteiger charge is 2.32. The fourth-order valence-electron chi connectivity index (χ4n) is 6.24. The number of aromatic hydroxyl groups is 2. The van der Waals surface area contributed by atoms with Crippen LogP contribution in [0.5, 0.6) is 17.2 Å². The van der Waals surface area contributed by atoms with Crippen molar-refractivity contribution in [2.75, 3.05) is 18.6 Å². The molecule has 4 atom stereocenters. The Balaban J connectivity index is 1.11. The lowest BCUT2D eigenvalue weighted by molar-refractivity contribution is -0.144. The molecule has 1 amide bonds. The van der Waals surface area contributed by atoms with E-state index in [0.717, 1.165) is 54.1 Å². The zero-order valence-corrected chi connectivity index (χ0v) is 33.2. The lowest BCUT2D eigenvalue weighted by Gasteiger charge is -2.29. The Morgan fingerprint density at radius 2 is 1.72 bits per heavy atom. The molecule has 1 aliphatic heterocycles. The SMILES string of the molecule is COC(=O)[C@H](CS[C@H](CC=C(C)C)c1cc(O)c2c(c1O)C(=O)C=CC2=O)NC(=O)CCCC[C@@H]1CCSC(c2ccc(OCc3ccccc3)cc2)S1. The topological polar surface area (TPSA) is 139 Å². The van der Waals surface area contributed by atoms with E-state index in [1.54, 1.807) is 0 Å². The zero-order valence-electron chi connectivity index (χ0n) is 30.7. The van der Waals surface area contributed by atoms with E-state index in [-0.39, 0.29) is 40.5 Å². The summed E-state index contributed by atoms with van der Waals surface area (Å²) in [6.45, 7) is 4.37. The van der Waals surface area contributed by atoms with Gasteiger partial charge in [0.05, 0.1) is 22.8 Å². The number of thioether (sulfide) groups is 3. The molecule has 2 aliphatic rings. The van der Waals surface area contributed by atoms with Crippen LogP contribution in [0.1, 0.15) is 99.6 Å². The fraction of sp³-hybridized carbons (Fsp3) is 0.381. The number of phenols is 2. The highest BCUT2D eigenvalue weighted by atomic mass is 32.2. The smallest absolute Gasteiger partial charge is 0.329 e. The van der Waals surface area contributed by atoms with E-state index >= 15 is 0 Å². The van der Waals surface area contributed by atoms with Crippen LogP contribution >= 0.6 is 35.3 Å². The van der Waals surface area contributed by atoms with Crippen molar-refractivity contribution in [3.05, 3.63) is 112 Å². The van der Waals surface area contributed by atoms with Gasteiger partial charge in [-0.15, -0.1) is 23.5 Å². The second-order valence-corrected chi connectivity index (χ2v) is 17.6. The van der Waals surface area contributed by atoms with Crippen molar-refractivity contribution in [1.29, 1.82) is 0 Å². The second-order valence-electron chi connectivity index (χ2n) is 13.5. The van der Waals surface area contributed by atoms with Gasteiger partial charge in [-0.25, -0.2) is 4.79 Å². The Kier molecular flexibility index (Phi) is 15.2. The Morgan fingerprint density at radius 1 is 1.00 bits per heavy atom. The molecule has 0 bridgehead atoms. The number of rotatable bonds is 17. The summed E-state index contributed by atoms with van der Waals surface area (Å²) in [4.78, 5) is 50.9. The molecule has 0 radical (unpaired) electrons. The summed E-state index contributed by atoms with van der Waals surface area (Å²) in [6, 6.07) is 18.8. The molecular formula is C42H47NO8S3. The molecule has 1 saturated heterocycles. The number of ether oxygens (including phenoxy) is 2. The molecule has 1 fully saturated rings. The van der Waals surface area contributed by atoms with Crippen molar-refractivity contribution in [3.8, 4) is 17.2 Å². The summed E-state index contributed by atoms with van der Waals surface area (Å²) in [5.74, 6) is -0.747. The van der Waals surface area contributed by atoms with Crippen LogP contribution in [0.3, 0.4) is 0 Å². The van der Waals surface area contributed by atoms with E-state index in [4.69, 9.17) is 9.47 Å². The predicted octanol–water partition coefficient (Wildman–Crippen LogP) is 8.90. The van der Waals surface area contributed by atoms with Gasteiger partial charge in [0.2, 0.25) is 5.91 Å². The number of unbranched alkanes of at least 4 members (excludes halogenated alkanes) is 1. The maximum Gasteiger partial charge on any atom is 0.329 e. The van der Waals surface area contributed by atoms with Gasteiger partial charge in [0.15, 0.2) is 11.6 Å². The molecular weight excluding hydrogens is 743 g/mol. The molecule has 3 aromatic carbocycles. The molecule has 0 saturated carbocycles. The number of esters is 1. The number of amides is 1. The van der Waals surface area contributed by atoms with Crippen LogP contribution < -0.4 is 10.1 Å². The number of hydrogen-bond donors (Lipinski definition) is 3. The van der Waals surface area contributed by atoms with Crippen LogP contribution in [-0.4, -0.2) is 63.6 Å². The van der Waals surface area contributed by atoms with Crippen LogP contribution in [0.15, 0.2) is 84.5 Å². The number of phenolic OH excluding ortho intramolecular Hbond substituents is 2. The fourth-order valence-corrected chi connectivity index (χ4v) is 10.9. The minimum absolute atomic E-state index is 0.113. The Hall–Kier alpha value is -4.13. The van der Waals surface area contributed by atoms with Crippen molar-refractivity contribution in [2.24, 2.45) is 0 Å². The van der Waals surface area contributed by atoms with E-state index in [9.17, 15) is 29.4 Å². The highest BCUT2D eigenvalue weighted by molar-refractivity contribution is 8.17. The zero-order chi connectivity index (χ0) is 38.6. The first-order valence-corrected chi connectivity index (χ1v) is 21.1. The summed E-state index contributed by atoms with van der Waals surface area (Å²) in [5, 5.41) is 24.7. The van der Waals surface area contributed by atoms with Crippen LogP contribution in [0.25, 0.3) is 0 Å². The van der Waals surface area contributed by atoms with Crippen LogP contribution in [-0.2, 0) is 20.9 Å². The molecule has 54 heavy (non-hydrogen) atoms. The average molecular weight is 790 g/mol. The molecule has 5 rings (SSSR count). The monoisotopic (exact) mass is 789 g/mol. The summed E-state index contributed by atoms with van der Waals surface area (Å²) >= 11 is 5.22. The van der Waals surface area contributed by atoms with Crippen molar-refractivity contribution < 1.29 is 38.9 Å². The molecule has 286 valence electrons. The first-order valence-electron chi connectivity index (χ1n) is 18.1. The number of nitrogens with one attached hydrogen (secondary N) is 1. The maximum absolute atomic E-state index is 13.1. The van der Waals surface area contributed by atoms with Gasteiger partial charge >= 0.3 is 5.97 Å². The third-order valence-electron chi connectivity index (χ3n) is 9.17. The maximum atomic E-state index is 13.1. The lowest BCUT2D eigenvalue weighted by atomic mass is 9.89. The van der Waals surface area contributed by atoms with Gasteiger partial charge in [0, 0.05) is 28.2 Å². The number of allylic oxidation sites excluding steroid dienone is 4. The number of ketones is 2. The normalized spacial score (nSPS) is 17.6. The van der Waals surface area contributed by atoms with Gasteiger partial charge < -0.3 is 25.0 Å². The lowest BCUT2D eigenvalue weighted by Crippen LogP contribution is -2.43. The van der Waals surface area contributed by atoms with Crippen LogP contribution in [0.4, 0.5) is 0 Å². The Labute approximate surface area is 329 Å². The van der Waals surface area contributed by atoms with E-state index < -0.39 is 34.6 Å². The van der Waals surface area contributed by atoms with Crippen molar-refractivity contribution in [2.45, 2.75) is 80.1 Å². The minimum atomic E-state index is -0.956. The predicted molar refractivity (Wildman–Crippen MR) is 218 cm³/mol. The van der Waals surface area contributed by atoms with Gasteiger partial charge in [0.25, 0.3) is 0 Å².